The number of rotatable bonds is 3. The van der Waals surface area contributed by atoms with Crippen LogP contribution in [-0.2, 0) is 4.79 Å². The molecule has 0 aliphatic heterocycles. The second-order valence-corrected chi connectivity index (χ2v) is 6.14. The third-order valence-corrected chi connectivity index (χ3v) is 4.71. The van der Waals surface area contributed by atoms with Gasteiger partial charge in [-0.25, -0.2) is 0 Å². The van der Waals surface area contributed by atoms with Crippen LogP contribution >= 0.6 is 22.6 Å². The Kier molecular flexibility index (Phi) is 4.44. The van der Waals surface area contributed by atoms with E-state index in [1.807, 2.05) is 19.1 Å². The van der Waals surface area contributed by atoms with Crippen molar-refractivity contribution in [3.05, 3.63) is 32.9 Å². The topological polar surface area (TPSA) is 66.4 Å². The average molecular weight is 373 g/mol. The normalized spacial score (nSPS) is 22.2. The standard InChI is InChI=1S/C14H16INO3/c1-8-2-3-9(7-12(8)15)13(17)16-11-5-4-10(6-11)14(18)19/h2-3,7,10-11H,4-6H2,1H3,(H,16,17)(H,18,19)/t10-,11+/m1/s1. The quantitative estimate of drug-likeness (QED) is 0.801. The van der Waals surface area contributed by atoms with Crippen molar-refractivity contribution in [2.24, 2.45) is 5.92 Å². The molecule has 4 nitrogen and oxygen atoms in total. The van der Waals surface area contributed by atoms with Crippen LogP contribution in [0.25, 0.3) is 0 Å². The molecule has 1 aromatic rings. The third kappa shape index (κ3) is 3.46. The Balaban J connectivity index is 1.98. The predicted molar refractivity (Wildman–Crippen MR) is 80.1 cm³/mol. The van der Waals surface area contributed by atoms with Crippen LogP contribution in [0.5, 0.6) is 0 Å². The van der Waals surface area contributed by atoms with Gasteiger partial charge in [-0.2, -0.15) is 0 Å². The molecule has 1 aliphatic carbocycles. The molecule has 0 aromatic heterocycles. The molecular weight excluding hydrogens is 357 g/mol. The number of carbonyl (C=O) groups excluding carboxylic acids is 1. The lowest BCUT2D eigenvalue weighted by Gasteiger charge is -2.13. The van der Waals surface area contributed by atoms with Crippen molar-refractivity contribution < 1.29 is 14.7 Å². The van der Waals surface area contributed by atoms with E-state index in [9.17, 15) is 9.59 Å². The van der Waals surface area contributed by atoms with E-state index in [2.05, 4.69) is 27.9 Å². The van der Waals surface area contributed by atoms with Crippen molar-refractivity contribution in [1.82, 2.24) is 5.32 Å². The zero-order chi connectivity index (χ0) is 14.0. The monoisotopic (exact) mass is 373 g/mol. The molecule has 1 saturated carbocycles. The van der Waals surface area contributed by atoms with Crippen LogP contribution in [0.2, 0.25) is 0 Å². The van der Waals surface area contributed by atoms with Crippen molar-refractivity contribution >= 4 is 34.5 Å². The van der Waals surface area contributed by atoms with Gasteiger partial charge < -0.3 is 10.4 Å². The van der Waals surface area contributed by atoms with E-state index in [-0.39, 0.29) is 17.9 Å². The Morgan fingerprint density at radius 2 is 2.11 bits per heavy atom. The van der Waals surface area contributed by atoms with Crippen LogP contribution in [0, 0.1) is 16.4 Å². The summed E-state index contributed by atoms with van der Waals surface area (Å²) in [5.41, 5.74) is 1.78. The van der Waals surface area contributed by atoms with Crippen LogP contribution in [0.3, 0.4) is 0 Å². The van der Waals surface area contributed by atoms with E-state index >= 15 is 0 Å². The first kappa shape index (κ1) is 14.3. The van der Waals surface area contributed by atoms with Gasteiger partial charge >= 0.3 is 5.97 Å². The van der Waals surface area contributed by atoms with Gasteiger partial charge in [0.2, 0.25) is 0 Å². The number of carboxylic acid groups (broad SMARTS) is 1. The lowest BCUT2D eigenvalue weighted by Crippen LogP contribution is -2.33. The van der Waals surface area contributed by atoms with Crippen LogP contribution < -0.4 is 5.32 Å². The number of hydrogen-bond donors (Lipinski definition) is 2. The first-order valence-corrected chi connectivity index (χ1v) is 7.35. The zero-order valence-electron chi connectivity index (χ0n) is 10.6. The number of benzene rings is 1. The molecule has 102 valence electrons. The van der Waals surface area contributed by atoms with E-state index in [1.165, 1.54) is 0 Å². The van der Waals surface area contributed by atoms with Crippen molar-refractivity contribution in [1.29, 1.82) is 0 Å². The van der Waals surface area contributed by atoms with E-state index in [0.29, 0.717) is 18.4 Å². The highest BCUT2D eigenvalue weighted by Crippen LogP contribution is 2.26. The molecule has 2 rings (SSSR count). The first-order chi connectivity index (χ1) is 8.97. The van der Waals surface area contributed by atoms with E-state index in [0.717, 1.165) is 15.6 Å². The highest BCUT2D eigenvalue weighted by atomic mass is 127. The molecule has 1 aliphatic rings. The van der Waals surface area contributed by atoms with Crippen molar-refractivity contribution in [2.75, 3.05) is 0 Å². The number of aliphatic carboxylic acids is 1. The summed E-state index contributed by atoms with van der Waals surface area (Å²) in [5, 5.41) is 11.9. The SMILES string of the molecule is Cc1ccc(C(=O)N[C@H]2CC[C@@H](C(=O)O)C2)cc1I. The van der Waals surface area contributed by atoms with Crippen LogP contribution in [0.15, 0.2) is 18.2 Å². The molecule has 1 fully saturated rings. The van der Waals surface area contributed by atoms with Gasteiger partial charge in [0, 0.05) is 15.2 Å². The smallest absolute Gasteiger partial charge is 0.306 e. The first-order valence-electron chi connectivity index (χ1n) is 6.27. The van der Waals surface area contributed by atoms with Crippen LogP contribution in [0.4, 0.5) is 0 Å². The lowest BCUT2D eigenvalue weighted by molar-refractivity contribution is -0.141. The van der Waals surface area contributed by atoms with Crippen molar-refractivity contribution in [3.8, 4) is 0 Å². The van der Waals surface area contributed by atoms with Gasteiger partial charge in [-0.15, -0.1) is 0 Å². The number of amides is 1. The Morgan fingerprint density at radius 1 is 1.37 bits per heavy atom. The van der Waals surface area contributed by atoms with Gasteiger partial charge in [-0.1, -0.05) is 6.07 Å². The fourth-order valence-electron chi connectivity index (χ4n) is 2.34. The van der Waals surface area contributed by atoms with E-state index in [1.54, 1.807) is 6.07 Å². The van der Waals surface area contributed by atoms with Crippen LogP contribution in [0.1, 0.15) is 35.2 Å². The summed E-state index contributed by atoms with van der Waals surface area (Å²) in [6, 6.07) is 5.56. The fraction of sp³-hybridized carbons (Fsp3) is 0.429. The minimum absolute atomic E-state index is 0.0208. The molecule has 0 saturated heterocycles. The number of carbonyl (C=O) groups is 2. The molecule has 0 spiro atoms. The Bertz CT molecular complexity index is 515. The van der Waals surface area contributed by atoms with Gasteiger partial charge in [-0.05, 0) is 66.5 Å². The molecule has 2 N–H and O–H groups in total. The van der Waals surface area contributed by atoms with Crippen LogP contribution in [-0.4, -0.2) is 23.0 Å². The van der Waals surface area contributed by atoms with E-state index < -0.39 is 5.97 Å². The van der Waals surface area contributed by atoms with Gasteiger partial charge in [0.15, 0.2) is 0 Å². The molecular formula is C14H16INO3. The highest BCUT2D eigenvalue weighted by Gasteiger charge is 2.30. The molecule has 2 atom stereocenters. The van der Waals surface area contributed by atoms with Gasteiger partial charge in [0.1, 0.15) is 0 Å². The van der Waals surface area contributed by atoms with Crippen molar-refractivity contribution in [3.63, 3.8) is 0 Å². The summed E-state index contributed by atoms with van der Waals surface area (Å²) in [5.74, 6) is -1.20. The Labute approximate surface area is 125 Å². The molecule has 1 amide bonds. The molecule has 0 radical (unpaired) electrons. The second kappa shape index (κ2) is 5.90. The fourth-order valence-corrected chi connectivity index (χ4v) is 2.86. The minimum atomic E-state index is -0.762. The summed E-state index contributed by atoms with van der Waals surface area (Å²) in [4.78, 5) is 23.0. The number of aryl methyl sites for hydroxylation is 1. The summed E-state index contributed by atoms with van der Waals surface area (Å²) < 4.78 is 1.06. The molecule has 0 bridgehead atoms. The van der Waals surface area contributed by atoms with Gasteiger partial charge in [-0.3, -0.25) is 9.59 Å². The lowest BCUT2D eigenvalue weighted by atomic mass is 10.1. The number of hydrogen-bond acceptors (Lipinski definition) is 2. The maximum atomic E-state index is 12.1. The van der Waals surface area contributed by atoms with Gasteiger partial charge in [0.05, 0.1) is 5.92 Å². The number of halogens is 1. The largest absolute Gasteiger partial charge is 0.481 e. The zero-order valence-corrected chi connectivity index (χ0v) is 12.8. The van der Waals surface area contributed by atoms with E-state index in [4.69, 9.17) is 5.11 Å². The molecule has 1 aromatic carbocycles. The molecule has 19 heavy (non-hydrogen) atoms. The molecule has 5 heteroatoms. The average Bonchev–Trinajstić information content (AvgIpc) is 2.81. The molecule has 0 unspecified atom stereocenters. The van der Waals surface area contributed by atoms with Gasteiger partial charge in [0.25, 0.3) is 5.91 Å². The predicted octanol–water partition coefficient (Wildman–Crippen LogP) is 2.58. The minimum Gasteiger partial charge on any atom is -0.481 e. The maximum Gasteiger partial charge on any atom is 0.306 e. The summed E-state index contributed by atoms with van der Waals surface area (Å²) in [6.45, 7) is 2.00. The summed E-state index contributed by atoms with van der Waals surface area (Å²) in [6.07, 6.45) is 1.92. The Morgan fingerprint density at radius 3 is 2.68 bits per heavy atom. The number of nitrogens with one attached hydrogen (secondary N) is 1. The summed E-state index contributed by atoms with van der Waals surface area (Å²) in [7, 11) is 0. The van der Waals surface area contributed by atoms with Crippen molar-refractivity contribution in [2.45, 2.75) is 32.2 Å². The second-order valence-electron chi connectivity index (χ2n) is 4.98. The Hall–Kier alpha value is -1.11. The number of carboxylic acids is 1. The third-order valence-electron chi connectivity index (χ3n) is 3.55. The summed E-state index contributed by atoms with van der Waals surface area (Å²) >= 11 is 2.20. The maximum absolute atomic E-state index is 12.1. The molecule has 0 heterocycles. The highest BCUT2D eigenvalue weighted by molar-refractivity contribution is 14.1.